The third kappa shape index (κ3) is 15.1. The summed E-state index contributed by atoms with van der Waals surface area (Å²) >= 11 is 0. The first-order chi connectivity index (χ1) is 8.41. The molecule has 0 aliphatic rings. The van der Waals surface area contributed by atoms with Gasteiger partial charge in [-0.3, -0.25) is 0 Å². The summed E-state index contributed by atoms with van der Waals surface area (Å²) in [5.41, 5.74) is 0. The van der Waals surface area contributed by atoms with Crippen LogP contribution in [0.1, 0.15) is 71.1 Å². The van der Waals surface area contributed by atoms with E-state index in [0.29, 0.717) is 0 Å². The molecule has 1 nitrogen and oxygen atoms in total. The second-order valence-electron chi connectivity index (χ2n) is 4.48. The summed E-state index contributed by atoms with van der Waals surface area (Å²) in [7, 11) is 0. The van der Waals surface area contributed by atoms with Crippen LogP contribution in [0.25, 0.3) is 0 Å². The molecule has 0 radical (unpaired) electrons. The highest BCUT2D eigenvalue weighted by Crippen LogP contribution is 2.03. The molecule has 0 aromatic carbocycles. The van der Waals surface area contributed by atoms with Crippen LogP contribution in [0.2, 0.25) is 0 Å². The van der Waals surface area contributed by atoms with Crippen LogP contribution in [0.15, 0.2) is 24.3 Å². The predicted octanol–water partition coefficient (Wildman–Crippen LogP) is 5.22. The molecule has 0 spiro atoms. The summed E-state index contributed by atoms with van der Waals surface area (Å²) < 4.78 is 0. The van der Waals surface area contributed by atoms with Crippen LogP contribution in [0, 0.1) is 0 Å². The number of unbranched alkanes of at least 4 members (excludes halogenated alkanes) is 7. The van der Waals surface area contributed by atoms with E-state index >= 15 is 0 Å². The van der Waals surface area contributed by atoms with E-state index in [1.165, 1.54) is 38.5 Å². The largest absolute Gasteiger partial charge is 0.303 e. The Balaban J connectivity index is 3.16. The van der Waals surface area contributed by atoms with Crippen LogP contribution in [0.4, 0.5) is 0 Å². The molecule has 0 rings (SSSR count). The molecule has 0 aromatic rings. The number of carbonyl (C=O) groups is 1. The molecule has 0 saturated heterocycles. The Morgan fingerprint density at radius 3 is 1.88 bits per heavy atom. The molecule has 0 N–H and O–H groups in total. The Hall–Kier alpha value is -0.850. The van der Waals surface area contributed by atoms with Gasteiger partial charge in [-0.2, -0.15) is 0 Å². The lowest BCUT2D eigenvalue weighted by molar-refractivity contribution is -0.107. The van der Waals surface area contributed by atoms with E-state index in [0.717, 1.165) is 32.0 Å². The van der Waals surface area contributed by atoms with Crippen molar-refractivity contribution in [2.75, 3.05) is 0 Å². The van der Waals surface area contributed by atoms with Gasteiger partial charge in [0, 0.05) is 6.42 Å². The highest BCUT2D eigenvalue weighted by atomic mass is 16.1. The van der Waals surface area contributed by atoms with Crippen LogP contribution in [0.5, 0.6) is 0 Å². The zero-order valence-corrected chi connectivity index (χ0v) is 11.4. The molecule has 0 atom stereocenters. The summed E-state index contributed by atoms with van der Waals surface area (Å²) in [6.07, 6.45) is 21.7. The predicted molar refractivity (Wildman–Crippen MR) is 76.2 cm³/mol. The first kappa shape index (κ1) is 16.1. The van der Waals surface area contributed by atoms with Crippen molar-refractivity contribution >= 4 is 6.29 Å². The second-order valence-corrected chi connectivity index (χ2v) is 4.48. The Labute approximate surface area is 107 Å². The lowest BCUT2D eigenvalue weighted by atomic mass is 10.1. The van der Waals surface area contributed by atoms with Crippen molar-refractivity contribution in [2.45, 2.75) is 71.1 Å². The van der Waals surface area contributed by atoms with Crippen molar-refractivity contribution in [1.82, 2.24) is 0 Å². The maximum absolute atomic E-state index is 10.1. The quantitative estimate of drug-likeness (QED) is 0.258. The highest BCUT2D eigenvalue weighted by molar-refractivity contribution is 5.48. The summed E-state index contributed by atoms with van der Waals surface area (Å²) in [4.78, 5) is 10.1. The maximum Gasteiger partial charge on any atom is 0.119 e. The number of hydrogen-bond acceptors (Lipinski definition) is 1. The third-order valence-corrected chi connectivity index (χ3v) is 2.77. The molecule has 0 fully saturated rings. The molecule has 98 valence electrons. The van der Waals surface area contributed by atoms with Crippen molar-refractivity contribution in [3.05, 3.63) is 24.3 Å². The molecule has 0 bridgehead atoms. The van der Waals surface area contributed by atoms with Crippen LogP contribution in [-0.2, 0) is 4.79 Å². The number of aldehydes is 1. The van der Waals surface area contributed by atoms with Crippen molar-refractivity contribution < 1.29 is 4.79 Å². The van der Waals surface area contributed by atoms with Crippen molar-refractivity contribution in [3.63, 3.8) is 0 Å². The Kier molecular flexibility index (Phi) is 14.4. The molecule has 0 aliphatic carbocycles. The minimum Gasteiger partial charge on any atom is -0.303 e. The van der Waals surface area contributed by atoms with Crippen LogP contribution < -0.4 is 0 Å². The molecule has 0 saturated carbocycles. The van der Waals surface area contributed by atoms with Gasteiger partial charge in [0.15, 0.2) is 0 Å². The average molecular weight is 236 g/mol. The average Bonchev–Trinajstić information content (AvgIpc) is 2.35. The lowest BCUT2D eigenvalue weighted by Gasteiger charge is -1.93. The van der Waals surface area contributed by atoms with Gasteiger partial charge in [0.25, 0.3) is 0 Å². The lowest BCUT2D eigenvalue weighted by Crippen LogP contribution is -1.77. The first-order valence-electron chi connectivity index (χ1n) is 7.15. The second kappa shape index (κ2) is 15.1. The highest BCUT2D eigenvalue weighted by Gasteiger charge is 1.86. The smallest absolute Gasteiger partial charge is 0.119 e. The van der Waals surface area contributed by atoms with Gasteiger partial charge in [-0.1, -0.05) is 50.5 Å². The van der Waals surface area contributed by atoms with Crippen LogP contribution in [-0.4, -0.2) is 6.29 Å². The number of rotatable bonds is 12. The zero-order valence-electron chi connectivity index (χ0n) is 11.4. The summed E-state index contributed by atoms with van der Waals surface area (Å²) in [6, 6.07) is 0. The van der Waals surface area contributed by atoms with E-state index < -0.39 is 0 Å². The van der Waals surface area contributed by atoms with Gasteiger partial charge in [0.2, 0.25) is 0 Å². The molecule has 0 unspecified atom stereocenters. The Bertz CT molecular complexity index is 204. The first-order valence-corrected chi connectivity index (χ1v) is 7.15. The third-order valence-electron chi connectivity index (χ3n) is 2.77. The fraction of sp³-hybridized carbons (Fsp3) is 0.688. The standard InChI is InChI=1S/C16H28O/c1-2-3-4-5-6-7-8-9-10-11-12-13-14-15-16-17/h6-7,9-10,16H,2-5,8,11-15H2,1H3/b7-6-,10-9-. The van der Waals surface area contributed by atoms with Gasteiger partial charge in [-0.25, -0.2) is 0 Å². The normalized spacial score (nSPS) is 11.6. The fourth-order valence-electron chi connectivity index (χ4n) is 1.69. The van der Waals surface area contributed by atoms with E-state index in [4.69, 9.17) is 0 Å². The number of hydrogen-bond donors (Lipinski definition) is 0. The van der Waals surface area contributed by atoms with Gasteiger partial charge < -0.3 is 4.79 Å². The van der Waals surface area contributed by atoms with E-state index in [9.17, 15) is 4.79 Å². The molecule has 17 heavy (non-hydrogen) atoms. The summed E-state index contributed by atoms with van der Waals surface area (Å²) in [6.45, 7) is 2.24. The van der Waals surface area contributed by atoms with Gasteiger partial charge in [-0.05, 0) is 38.5 Å². The minimum absolute atomic E-state index is 0.726. The van der Waals surface area contributed by atoms with Crippen molar-refractivity contribution in [3.8, 4) is 0 Å². The molecule has 0 aliphatic heterocycles. The summed E-state index contributed by atoms with van der Waals surface area (Å²) in [5.74, 6) is 0. The Morgan fingerprint density at radius 2 is 1.29 bits per heavy atom. The van der Waals surface area contributed by atoms with Crippen molar-refractivity contribution in [1.29, 1.82) is 0 Å². The zero-order chi connectivity index (χ0) is 12.6. The molecule has 0 heterocycles. The van der Waals surface area contributed by atoms with Gasteiger partial charge >= 0.3 is 0 Å². The van der Waals surface area contributed by atoms with Gasteiger partial charge in [-0.15, -0.1) is 0 Å². The van der Waals surface area contributed by atoms with Crippen LogP contribution >= 0.6 is 0 Å². The topological polar surface area (TPSA) is 17.1 Å². The van der Waals surface area contributed by atoms with E-state index in [1.54, 1.807) is 0 Å². The monoisotopic (exact) mass is 236 g/mol. The molecular formula is C16H28O. The maximum atomic E-state index is 10.1. The summed E-state index contributed by atoms with van der Waals surface area (Å²) in [5, 5.41) is 0. The Morgan fingerprint density at radius 1 is 0.706 bits per heavy atom. The fourth-order valence-corrected chi connectivity index (χ4v) is 1.69. The van der Waals surface area contributed by atoms with Crippen molar-refractivity contribution in [2.24, 2.45) is 0 Å². The minimum atomic E-state index is 0.726. The van der Waals surface area contributed by atoms with E-state index in [2.05, 4.69) is 31.2 Å². The molecule has 0 amide bonds. The number of allylic oxidation sites excluding steroid dienone is 4. The SMILES string of the molecule is CCCCC/C=C\C/C=C\CCCCCC=O. The van der Waals surface area contributed by atoms with Gasteiger partial charge in [0.05, 0.1) is 0 Å². The number of carbonyl (C=O) groups excluding carboxylic acids is 1. The van der Waals surface area contributed by atoms with E-state index in [-0.39, 0.29) is 0 Å². The van der Waals surface area contributed by atoms with Crippen LogP contribution in [0.3, 0.4) is 0 Å². The molecule has 1 heteroatoms. The van der Waals surface area contributed by atoms with Gasteiger partial charge in [0.1, 0.15) is 6.29 Å². The molecule has 0 aromatic heterocycles. The molecular weight excluding hydrogens is 208 g/mol. The van der Waals surface area contributed by atoms with E-state index in [1.807, 2.05) is 0 Å².